The van der Waals surface area contributed by atoms with Crippen LogP contribution in [0, 0.1) is 0 Å². The van der Waals surface area contributed by atoms with Gasteiger partial charge in [0.05, 0.1) is 11.7 Å². The Hall–Kier alpha value is -2.11. The monoisotopic (exact) mass is 314 g/mol. The first kappa shape index (κ1) is 15.8. The summed E-state index contributed by atoms with van der Waals surface area (Å²) in [5, 5.41) is 20.0. The van der Waals surface area contributed by atoms with E-state index in [4.69, 9.17) is 0 Å². The minimum absolute atomic E-state index is 0.121. The normalized spacial score (nSPS) is 24.7. The first-order valence-corrected chi connectivity index (χ1v) is 7.81. The van der Waals surface area contributed by atoms with Gasteiger partial charge in [-0.1, -0.05) is 30.3 Å². The number of hydrogen-bond acceptors (Lipinski definition) is 3. The maximum absolute atomic E-state index is 12.7. The molecule has 1 amide bonds. The van der Waals surface area contributed by atoms with E-state index < -0.39 is 11.7 Å². The average molecular weight is 314 g/mol. The molecule has 5 nitrogen and oxygen atoms in total. The van der Waals surface area contributed by atoms with E-state index in [0.29, 0.717) is 18.7 Å². The number of carbonyl (C=O) groups excluding carboxylic acids is 1. The highest BCUT2D eigenvalue weighted by Crippen LogP contribution is 2.25. The molecule has 0 saturated carbocycles. The molecule has 23 heavy (non-hydrogen) atoms. The fourth-order valence-corrected chi connectivity index (χ4v) is 3.00. The number of carbonyl (C=O) groups is 1. The van der Waals surface area contributed by atoms with Gasteiger partial charge in [0.15, 0.2) is 0 Å². The molecule has 2 aromatic rings. The number of hydrogen-bond donors (Lipinski definition) is 2. The van der Waals surface area contributed by atoms with Gasteiger partial charge in [0.25, 0.3) is 5.91 Å². The number of aliphatic hydroxyl groups is 2. The molecule has 1 fully saturated rings. The number of aromatic nitrogens is 1. The van der Waals surface area contributed by atoms with E-state index in [0.717, 1.165) is 11.3 Å². The molecule has 0 radical (unpaired) electrons. The molecule has 2 N–H and O–H groups in total. The maximum atomic E-state index is 12.7. The molecular formula is C18H22N2O3. The minimum Gasteiger partial charge on any atom is -0.388 e. The Balaban J connectivity index is 1.83. The van der Waals surface area contributed by atoms with Gasteiger partial charge in [-0.05, 0) is 31.0 Å². The van der Waals surface area contributed by atoms with Gasteiger partial charge in [-0.25, -0.2) is 0 Å². The number of likely N-dealkylation sites (tertiary alicyclic amines) is 1. The molecule has 0 spiro atoms. The largest absolute Gasteiger partial charge is 0.388 e. The van der Waals surface area contributed by atoms with Gasteiger partial charge in [-0.15, -0.1) is 0 Å². The first-order chi connectivity index (χ1) is 10.9. The van der Waals surface area contributed by atoms with E-state index in [1.807, 2.05) is 54.1 Å². The summed E-state index contributed by atoms with van der Waals surface area (Å²) in [6.45, 7) is 2.20. The lowest BCUT2D eigenvalue weighted by atomic mass is 9.90. The third-order valence-electron chi connectivity index (χ3n) is 4.70. The third-order valence-corrected chi connectivity index (χ3v) is 4.70. The quantitative estimate of drug-likeness (QED) is 0.886. The summed E-state index contributed by atoms with van der Waals surface area (Å²) in [6, 6.07) is 13.6. The van der Waals surface area contributed by atoms with Crippen LogP contribution < -0.4 is 0 Å². The zero-order valence-corrected chi connectivity index (χ0v) is 13.4. The lowest BCUT2D eigenvalue weighted by molar-refractivity contribution is -0.1000. The van der Waals surface area contributed by atoms with Crippen molar-refractivity contribution in [2.45, 2.75) is 25.0 Å². The number of benzene rings is 1. The Bertz CT molecular complexity index is 706. The van der Waals surface area contributed by atoms with Crippen molar-refractivity contribution in [3.8, 4) is 11.3 Å². The molecule has 1 aromatic carbocycles. The molecule has 1 aliphatic heterocycles. The molecule has 122 valence electrons. The SMILES string of the molecule is Cn1c(C(=O)N2CC[C@@](C)(O)[C@@H](O)C2)ccc1-c1ccccc1. The molecule has 1 aliphatic rings. The zero-order valence-electron chi connectivity index (χ0n) is 13.4. The summed E-state index contributed by atoms with van der Waals surface area (Å²) < 4.78 is 1.87. The van der Waals surface area contributed by atoms with Crippen molar-refractivity contribution < 1.29 is 15.0 Å². The molecule has 1 saturated heterocycles. The fourth-order valence-electron chi connectivity index (χ4n) is 3.00. The number of piperidine rings is 1. The van der Waals surface area contributed by atoms with Crippen molar-refractivity contribution >= 4 is 5.91 Å². The predicted molar refractivity (Wildman–Crippen MR) is 88.0 cm³/mol. The molecule has 5 heteroatoms. The lowest BCUT2D eigenvalue weighted by Crippen LogP contribution is -2.55. The highest BCUT2D eigenvalue weighted by molar-refractivity contribution is 5.94. The van der Waals surface area contributed by atoms with Gasteiger partial charge in [0.2, 0.25) is 0 Å². The van der Waals surface area contributed by atoms with Crippen LogP contribution in [0.1, 0.15) is 23.8 Å². The van der Waals surface area contributed by atoms with Crippen molar-refractivity contribution in [3.63, 3.8) is 0 Å². The molecule has 2 atom stereocenters. The smallest absolute Gasteiger partial charge is 0.270 e. The van der Waals surface area contributed by atoms with E-state index >= 15 is 0 Å². The zero-order chi connectivity index (χ0) is 16.6. The molecule has 0 bridgehead atoms. The number of β-amino-alcohol motifs (C(OH)–C–C–N with tert-alkyl or cyclic N) is 1. The summed E-state index contributed by atoms with van der Waals surface area (Å²) in [5.74, 6) is -0.121. The van der Waals surface area contributed by atoms with Crippen molar-refractivity contribution in [2.75, 3.05) is 13.1 Å². The Morgan fingerprint density at radius 3 is 2.57 bits per heavy atom. The molecular weight excluding hydrogens is 292 g/mol. The van der Waals surface area contributed by atoms with Crippen molar-refractivity contribution in [3.05, 3.63) is 48.2 Å². The summed E-state index contributed by atoms with van der Waals surface area (Å²) in [7, 11) is 1.87. The van der Waals surface area contributed by atoms with Crippen molar-refractivity contribution in [2.24, 2.45) is 7.05 Å². The summed E-state index contributed by atoms with van der Waals surface area (Å²) in [4.78, 5) is 14.3. The van der Waals surface area contributed by atoms with Crippen molar-refractivity contribution in [1.29, 1.82) is 0 Å². The highest BCUT2D eigenvalue weighted by atomic mass is 16.3. The second-order valence-electron chi connectivity index (χ2n) is 6.40. The van der Waals surface area contributed by atoms with Crippen LogP contribution in [-0.2, 0) is 7.05 Å². The standard InChI is InChI=1S/C18H22N2O3/c1-18(23)10-11-20(12-16(18)21)17(22)15-9-8-14(19(15)2)13-6-4-3-5-7-13/h3-9,16,21,23H,10-12H2,1-2H3/t16-,18+/m0/s1. The van der Waals surface area contributed by atoms with Crippen LogP contribution in [0.4, 0.5) is 0 Å². The van der Waals surface area contributed by atoms with E-state index in [1.165, 1.54) is 0 Å². The highest BCUT2D eigenvalue weighted by Gasteiger charge is 2.38. The summed E-state index contributed by atoms with van der Waals surface area (Å²) in [6.07, 6.45) is -0.551. The number of amides is 1. The number of nitrogens with zero attached hydrogens (tertiary/aromatic N) is 2. The summed E-state index contributed by atoms with van der Waals surface area (Å²) >= 11 is 0. The van der Waals surface area contributed by atoms with Gasteiger partial charge < -0.3 is 19.7 Å². The van der Waals surface area contributed by atoms with Crippen LogP contribution >= 0.6 is 0 Å². The fraction of sp³-hybridized carbons (Fsp3) is 0.389. The Morgan fingerprint density at radius 2 is 1.91 bits per heavy atom. The van der Waals surface area contributed by atoms with E-state index in [9.17, 15) is 15.0 Å². The van der Waals surface area contributed by atoms with Crippen LogP contribution in [0.15, 0.2) is 42.5 Å². The molecule has 1 aromatic heterocycles. The van der Waals surface area contributed by atoms with Crippen LogP contribution in [-0.4, -0.2) is 50.4 Å². The number of aliphatic hydroxyl groups excluding tert-OH is 1. The topological polar surface area (TPSA) is 65.7 Å². The van der Waals surface area contributed by atoms with E-state index in [1.54, 1.807) is 11.8 Å². The van der Waals surface area contributed by atoms with Crippen molar-refractivity contribution in [1.82, 2.24) is 9.47 Å². The van der Waals surface area contributed by atoms with Crippen LogP contribution in [0.25, 0.3) is 11.3 Å². The predicted octanol–water partition coefficient (Wildman–Crippen LogP) is 1.65. The Kier molecular flexibility index (Phi) is 4.00. The third kappa shape index (κ3) is 2.90. The molecule has 3 rings (SSSR count). The minimum atomic E-state index is -1.12. The molecule has 0 unspecified atom stereocenters. The Morgan fingerprint density at radius 1 is 1.22 bits per heavy atom. The van der Waals surface area contributed by atoms with Crippen LogP contribution in [0.5, 0.6) is 0 Å². The second kappa shape index (κ2) is 5.83. The van der Waals surface area contributed by atoms with Gasteiger partial charge in [0, 0.05) is 25.8 Å². The number of rotatable bonds is 2. The van der Waals surface area contributed by atoms with E-state index in [-0.39, 0.29) is 12.5 Å². The van der Waals surface area contributed by atoms with Crippen LogP contribution in [0.2, 0.25) is 0 Å². The van der Waals surface area contributed by atoms with Gasteiger partial charge in [0.1, 0.15) is 5.69 Å². The molecule has 0 aliphatic carbocycles. The average Bonchev–Trinajstić information content (AvgIpc) is 2.92. The van der Waals surface area contributed by atoms with Gasteiger partial charge in [-0.3, -0.25) is 4.79 Å². The molecule has 2 heterocycles. The van der Waals surface area contributed by atoms with Gasteiger partial charge in [-0.2, -0.15) is 0 Å². The summed E-state index contributed by atoms with van der Waals surface area (Å²) in [5.41, 5.74) is 1.48. The Labute approximate surface area is 135 Å². The van der Waals surface area contributed by atoms with Gasteiger partial charge >= 0.3 is 0 Å². The van der Waals surface area contributed by atoms with Crippen LogP contribution in [0.3, 0.4) is 0 Å². The maximum Gasteiger partial charge on any atom is 0.270 e. The second-order valence-corrected chi connectivity index (χ2v) is 6.40. The van der Waals surface area contributed by atoms with E-state index in [2.05, 4.69) is 0 Å². The lowest BCUT2D eigenvalue weighted by Gasteiger charge is -2.39. The first-order valence-electron chi connectivity index (χ1n) is 7.81.